The number of amides is 2. The first-order valence-electron chi connectivity index (χ1n) is 6.72. The quantitative estimate of drug-likeness (QED) is 0.554. The molecule has 6 heteroatoms. The minimum absolute atomic E-state index is 0.0207. The van der Waals surface area contributed by atoms with Crippen molar-refractivity contribution in [3.63, 3.8) is 0 Å². The lowest BCUT2D eigenvalue weighted by molar-refractivity contribution is -0.134. The third-order valence-corrected chi connectivity index (χ3v) is 2.70. The van der Waals surface area contributed by atoms with Gasteiger partial charge in [-0.15, -0.1) is 0 Å². The number of nitrogens with one attached hydrogen (secondary N) is 1. The molecule has 19 heavy (non-hydrogen) atoms. The Morgan fingerprint density at radius 3 is 2.63 bits per heavy atom. The van der Waals surface area contributed by atoms with Gasteiger partial charge in [0.05, 0.1) is 6.54 Å². The molecule has 0 aliphatic rings. The van der Waals surface area contributed by atoms with Crippen molar-refractivity contribution >= 4 is 11.8 Å². The fourth-order valence-electron chi connectivity index (χ4n) is 1.57. The molecular weight excluding hydrogens is 246 g/mol. The molecule has 1 unspecified atom stereocenters. The van der Waals surface area contributed by atoms with E-state index in [1.54, 1.807) is 14.2 Å². The molecule has 0 aromatic rings. The molecule has 112 valence electrons. The zero-order valence-electron chi connectivity index (χ0n) is 12.3. The van der Waals surface area contributed by atoms with Crippen LogP contribution in [0.25, 0.3) is 0 Å². The summed E-state index contributed by atoms with van der Waals surface area (Å²) in [6.45, 7) is 3.21. The van der Waals surface area contributed by atoms with Crippen LogP contribution in [0.5, 0.6) is 0 Å². The number of carbonyl (C=O) groups excluding carboxylic acids is 2. The van der Waals surface area contributed by atoms with Gasteiger partial charge in [-0.3, -0.25) is 9.59 Å². The van der Waals surface area contributed by atoms with E-state index in [1.807, 2.05) is 6.92 Å². The topological polar surface area (TPSA) is 84.7 Å². The van der Waals surface area contributed by atoms with Gasteiger partial charge in [0.2, 0.25) is 11.8 Å². The van der Waals surface area contributed by atoms with Crippen LogP contribution in [-0.2, 0) is 14.3 Å². The zero-order valence-corrected chi connectivity index (χ0v) is 12.3. The Hall–Kier alpha value is -1.14. The molecule has 0 rings (SSSR count). The summed E-state index contributed by atoms with van der Waals surface area (Å²) in [5.74, 6) is -0.160. The lowest BCUT2D eigenvalue weighted by Crippen LogP contribution is -2.38. The minimum Gasteiger partial charge on any atom is -0.385 e. The molecule has 1 atom stereocenters. The Kier molecular flexibility index (Phi) is 10.1. The number of nitrogens with two attached hydrogens (primary N) is 1. The highest BCUT2D eigenvalue weighted by molar-refractivity contribution is 5.84. The third kappa shape index (κ3) is 10.5. The number of rotatable bonds is 10. The second-order valence-electron chi connectivity index (χ2n) is 4.82. The van der Waals surface area contributed by atoms with Crippen LogP contribution in [-0.4, -0.2) is 56.6 Å². The molecular formula is C13H27N3O3. The van der Waals surface area contributed by atoms with Gasteiger partial charge in [-0.1, -0.05) is 0 Å². The first kappa shape index (κ1) is 17.9. The Morgan fingerprint density at radius 1 is 1.37 bits per heavy atom. The molecule has 3 N–H and O–H groups in total. The van der Waals surface area contributed by atoms with Crippen LogP contribution >= 0.6 is 0 Å². The Morgan fingerprint density at radius 2 is 2.05 bits per heavy atom. The molecule has 6 nitrogen and oxygen atoms in total. The van der Waals surface area contributed by atoms with Gasteiger partial charge >= 0.3 is 0 Å². The summed E-state index contributed by atoms with van der Waals surface area (Å²) in [6.07, 6.45) is 2.79. The average molecular weight is 273 g/mol. The molecule has 0 saturated carbocycles. The van der Waals surface area contributed by atoms with Crippen LogP contribution in [0.2, 0.25) is 0 Å². The van der Waals surface area contributed by atoms with Crippen molar-refractivity contribution < 1.29 is 14.3 Å². The fourth-order valence-corrected chi connectivity index (χ4v) is 1.57. The number of nitrogens with zero attached hydrogens (tertiary/aromatic N) is 1. The number of carbonyl (C=O) groups is 2. The average Bonchev–Trinajstić information content (AvgIpc) is 2.34. The van der Waals surface area contributed by atoms with E-state index in [9.17, 15) is 9.59 Å². The molecule has 0 fully saturated rings. The van der Waals surface area contributed by atoms with E-state index < -0.39 is 0 Å². The largest absolute Gasteiger partial charge is 0.385 e. The number of hydrogen-bond acceptors (Lipinski definition) is 4. The van der Waals surface area contributed by atoms with E-state index in [1.165, 1.54) is 4.90 Å². The van der Waals surface area contributed by atoms with Gasteiger partial charge in [-0.2, -0.15) is 0 Å². The standard InChI is InChI=1S/C13H27N3O3/c1-11(14)6-4-7-13(18)16(2)10-12(17)15-8-5-9-19-3/h11H,4-10,14H2,1-3H3,(H,15,17). The molecule has 0 radical (unpaired) electrons. The molecule has 0 aromatic heterocycles. The van der Waals surface area contributed by atoms with Crippen LogP contribution in [0.3, 0.4) is 0 Å². The first-order valence-corrected chi connectivity index (χ1v) is 6.72. The Bertz CT molecular complexity index is 270. The number of hydrogen-bond donors (Lipinski definition) is 2. The van der Waals surface area contributed by atoms with E-state index >= 15 is 0 Å². The zero-order chi connectivity index (χ0) is 14.7. The molecule has 0 saturated heterocycles. The van der Waals surface area contributed by atoms with Crippen LogP contribution in [0.4, 0.5) is 0 Å². The summed E-state index contributed by atoms with van der Waals surface area (Å²) in [7, 11) is 3.26. The second-order valence-corrected chi connectivity index (χ2v) is 4.82. The predicted molar refractivity (Wildman–Crippen MR) is 74.6 cm³/mol. The van der Waals surface area contributed by atoms with Gasteiger partial charge in [-0.25, -0.2) is 0 Å². The SMILES string of the molecule is COCCCNC(=O)CN(C)C(=O)CCCC(C)N. The maximum absolute atomic E-state index is 11.7. The van der Waals surface area contributed by atoms with Crippen LogP contribution in [0.1, 0.15) is 32.6 Å². The first-order chi connectivity index (χ1) is 8.97. The summed E-state index contributed by atoms with van der Waals surface area (Å²) in [6, 6.07) is 0.113. The minimum atomic E-state index is -0.140. The molecule has 0 spiro atoms. The highest BCUT2D eigenvalue weighted by Crippen LogP contribution is 2.01. The highest BCUT2D eigenvalue weighted by atomic mass is 16.5. The van der Waals surface area contributed by atoms with Gasteiger partial charge in [0.25, 0.3) is 0 Å². The fraction of sp³-hybridized carbons (Fsp3) is 0.846. The molecule has 2 amide bonds. The predicted octanol–water partition coefficient (Wildman–Crippen LogP) is 0.115. The van der Waals surface area contributed by atoms with Crippen molar-refractivity contribution in [3.05, 3.63) is 0 Å². The van der Waals surface area contributed by atoms with Crippen molar-refractivity contribution in [3.8, 4) is 0 Å². The van der Waals surface area contributed by atoms with E-state index in [0.717, 1.165) is 19.3 Å². The van der Waals surface area contributed by atoms with Crippen molar-refractivity contribution in [2.24, 2.45) is 5.73 Å². The summed E-state index contributed by atoms with van der Waals surface area (Å²) < 4.78 is 4.88. The molecule has 0 bridgehead atoms. The van der Waals surface area contributed by atoms with E-state index in [0.29, 0.717) is 19.6 Å². The number of ether oxygens (including phenoxy) is 1. The van der Waals surface area contributed by atoms with E-state index in [4.69, 9.17) is 10.5 Å². The maximum Gasteiger partial charge on any atom is 0.239 e. The van der Waals surface area contributed by atoms with Crippen LogP contribution < -0.4 is 11.1 Å². The van der Waals surface area contributed by atoms with Gasteiger partial charge < -0.3 is 20.7 Å². The second kappa shape index (κ2) is 10.8. The van der Waals surface area contributed by atoms with Crippen molar-refractivity contribution in [2.75, 3.05) is 33.9 Å². The molecule has 0 heterocycles. The van der Waals surface area contributed by atoms with E-state index in [2.05, 4.69) is 5.32 Å². The lowest BCUT2D eigenvalue weighted by Gasteiger charge is -2.17. The summed E-state index contributed by atoms with van der Waals surface area (Å²) in [5.41, 5.74) is 5.62. The van der Waals surface area contributed by atoms with E-state index in [-0.39, 0.29) is 24.4 Å². The van der Waals surface area contributed by atoms with Gasteiger partial charge in [0, 0.05) is 39.8 Å². The highest BCUT2D eigenvalue weighted by Gasteiger charge is 2.12. The Labute approximate surface area is 115 Å². The molecule has 0 aromatic carbocycles. The van der Waals surface area contributed by atoms with Crippen LogP contribution in [0, 0.1) is 0 Å². The third-order valence-electron chi connectivity index (χ3n) is 2.70. The van der Waals surface area contributed by atoms with Gasteiger partial charge in [0.1, 0.15) is 0 Å². The van der Waals surface area contributed by atoms with Crippen LogP contribution in [0.15, 0.2) is 0 Å². The normalized spacial score (nSPS) is 12.0. The molecule has 0 aliphatic carbocycles. The van der Waals surface area contributed by atoms with Gasteiger partial charge in [-0.05, 0) is 26.2 Å². The van der Waals surface area contributed by atoms with Crippen molar-refractivity contribution in [1.29, 1.82) is 0 Å². The maximum atomic E-state index is 11.7. The summed E-state index contributed by atoms with van der Waals surface area (Å²) >= 11 is 0. The summed E-state index contributed by atoms with van der Waals surface area (Å²) in [4.78, 5) is 24.7. The van der Waals surface area contributed by atoms with Crippen molar-refractivity contribution in [1.82, 2.24) is 10.2 Å². The Balaban J connectivity index is 3.72. The van der Waals surface area contributed by atoms with Gasteiger partial charge in [0.15, 0.2) is 0 Å². The summed E-state index contributed by atoms with van der Waals surface area (Å²) in [5, 5.41) is 2.74. The lowest BCUT2D eigenvalue weighted by atomic mass is 10.1. The molecule has 0 aliphatic heterocycles. The number of methoxy groups -OCH3 is 1. The smallest absolute Gasteiger partial charge is 0.239 e. The van der Waals surface area contributed by atoms with Crippen molar-refractivity contribution in [2.45, 2.75) is 38.6 Å². The monoisotopic (exact) mass is 273 g/mol. The number of likely N-dealkylation sites (N-methyl/N-ethyl adjacent to an activating group) is 1.